The van der Waals surface area contributed by atoms with E-state index in [0.717, 1.165) is 22.8 Å². The highest BCUT2D eigenvalue weighted by Gasteiger charge is 2.29. The number of benzene rings is 1. The molecule has 8 heteroatoms. The van der Waals surface area contributed by atoms with Gasteiger partial charge in [0.1, 0.15) is 0 Å². The lowest BCUT2D eigenvalue weighted by Crippen LogP contribution is -2.09. The van der Waals surface area contributed by atoms with Crippen LogP contribution in [0.5, 0.6) is 0 Å². The monoisotopic (exact) mass is 337 g/mol. The fraction of sp³-hybridized carbons (Fsp3) is 0.0667. The van der Waals surface area contributed by atoms with Crippen molar-refractivity contribution in [2.45, 2.75) is 6.18 Å². The van der Waals surface area contributed by atoms with E-state index in [1.54, 1.807) is 12.3 Å². The molecule has 0 atom stereocenters. The molecule has 0 radical (unpaired) electrons. The van der Waals surface area contributed by atoms with E-state index in [1.165, 1.54) is 29.5 Å². The van der Waals surface area contributed by atoms with Crippen LogP contribution in [0.3, 0.4) is 0 Å². The zero-order valence-electron chi connectivity index (χ0n) is 11.5. The van der Waals surface area contributed by atoms with E-state index in [9.17, 15) is 18.0 Å². The van der Waals surface area contributed by atoms with E-state index in [0.29, 0.717) is 5.69 Å². The van der Waals surface area contributed by atoms with Crippen LogP contribution in [-0.4, -0.2) is 15.3 Å². The van der Waals surface area contributed by atoms with Crippen molar-refractivity contribution >= 4 is 34.0 Å². The van der Waals surface area contributed by atoms with Crippen molar-refractivity contribution in [1.29, 1.82) is 0 Å². The molecule has 0 fully saturated rings. The van der Waals surface area contributed by atoms with Gasteiger partial charge >= 0.3 is 6.18 Å². The Hall–Kier alpha value is -2.61. The third-order valence-electron chi connectivity index (χ3n) is 3.06. The number of anilines is 1. The molecule has 1 amide bonds. The number of thiazole rings is 1. The van der Waals surface area contributed by atoms with Gasteiger partial charge in [-0.2, -0.15) is 13.2 Å². The van der Waals surface area contributed by atoms with Crippen LogP contribution in [0.15, 0.2) is 48.1 Å². The highest BCUT2D eigenvalue weighted by Crippen LogP contribution is 2.29. The minimum atomic E-state index is -4.39. The first-order valence-electron chi connectivity index (χ1n) is 6.50. The molecular formula is C15H10F3N3OS. The van der Waals surface area contributed by atoms with Gasteiger partial charge in [0.2, 0.25) is 5.91 Å². The van der Waals surface area contributed by atoms with Gasteiger partial charge in [0.25, 0.3) is 0 Å². The van der Waals surface area contributed by atoms with Crippen molar-refractivity contribution in [2.24, 2.45) is 0 Å². The maximum atomic E-state index is 12.5. The zero-order valence-corrected chi connectivity index (χ0v) is 12.4. The van der Waals surface area contributed by atoms with Crippen LogP contribution in [0.4, 0.5) is 18.9 Å². The Morgan fingerprint density at radius 3 is 2.70 bits per heavy atom. The number of carbonyl (C=O) groups excluding carboxylic acids is 1. The lowest BCUT2D eigenvalue weighted by atomic mass is 10.2. The van der Waals surface area contributed by atoms with Crippen molar-refractivity contribution in [3.05, 3.63) is 59.4 Å². The number of aromatic nitrogens is 2. The Balaban J connectivity index is 1.67. The fourth-order valence-corrected chi connectivity index (χ4v) is 2.65. The topological polar surface area (TPSA) is 46.4 Å². The molecule has 0 saturated carbocycles. The molecule has 118 valence electrons. The fourth-order valence-electron chi connectivity index (χ4n) is 1.96. The maximum Gasteiger partial charge on any atom is 0.416 e. The quantitative estimate of drug-likeness (QED) is 0.733. The van der Waals surface area contributed by atoms with Crippen molar-refractivity contribution in [3.8, 4) is 0 Å². The number of hydrogen-bond acceptors (Lipinski definition) is 3. The normalized spacial score (nSPS) is 12.1. The lowest BCUT2D eigenvalue weighted by Gasteiger charge is -2.07. The van der Waals surface area contributed by atoms with Gasteiger partial charge < -0.3 is 5.32 Å². The predicted octanol–water partition coefficient (Wildman–Crippen LogP) is 4.07. The summed E-state index contributed by atoms with van der Waals surface area (Å²) in [6, 6.07) is 4.27. The van der Waals surface area contributed by atoms with Crippen LogP contribution in [0.1, 0.15) is 11.3 Å². The molecule has 0 aliphatic rings. The van der Waals surface area contributed by atoms with Crippen molar-refractivity contribution in [1.82, 2.24) is 9.38 Å². The molecule has 2 aromatic heterocycles. The van der Waals surface area contributed by atoms with E-state index >= 15 is 0 Å². The number of carbonyl (C=O) groups is 1. The summed E-state index contributed by atoms with van der Waals surface area (Å²) < 4.78 is 39.2. The number of rotatable bonds is 3. The maximum absolute atomic E-state index is 12.5. The summed E-state index contributed by atoms with van der Waals surface area (Å²) in [5.41, 5.74) is 0.274. The van der Waals surface area contributed by atoms with Gasteiger partial charge in [-0.25, -0.2) is 4.98 Å². The minimum Gasteiger partial charge on any atom is -0.323 e. The second kappa shape index (κ2) is 5.88. The molecule has 0 saturated heterocycles. The van der Waals surface area contributed by atoms with Crippen molar-refractivity contribution < 1.29 is 18.0 Å². The van der Waals surface area contributed by atoms with Gasteiger partial charge in [0.15, 0.2) is 4.96 Å². The number of fused-ring (bicyclic) bond motifs is 1. The largest absolute Gasteiger partial charge is 0.416 e. The summed E-state index contributed by atoms with van der Waals surface area (Å²) >= 11 is 1.47. The molecule has 0 bridgehead atoms. The van der Waals surface area contributed by atoms with E-state index in [4.69, 9.17) is 0 Å². The van der Waals surface area contributed by atoms with Gasteiger partial charge in [-0.15, -0.1) is 11.3 Å². The minimum absolute atomic E-state index is 0.293. The Bertz CT molecular complexity index is 862. The van der Waals surface area contributed by atoms with E-state index in [2.05, 4.69) is 10.3 Å². The van der Waals surface area contributed by atoms with Gasteiger partial charge in [0.05, 0.1) is 17.5 Å². The molecule has 23 heavy (non-hydrogen) atoms. The predicted molar refractivity (Wildman–Crippen MR) is 82.2 cm³/mol. The van der Waals surface area contributed by atoms with Crippen molar-refractivity contribution in [2.75, 3.05) is 5.32 Å². The highest BCUT2D eigenvalue weighted by molar-refractivity contribution is 7.15. The third-order valence-corrected chi connectivity index (χ3v) is 3.83. The standard InChI is InChI=1S/C15H10F3N3OS/c16-15(17,18)10-1-3-11(4-2-10)20-13(22)6-5-12-9-19-14-21(12)7-8-23-14/h1-9H,(H,20,22)/b6-5+. The molecule has 0 unspecified atom stereocenters. The highest BCUT2D eigenvalue weighted by atomic mass is 32.1. The molecule has 0 aliphatic carbocycles. The molecule has 4 nitrogen and oxygen atoms in total. The Kier molecular flexibility index (Phi) is 3.91. The molecule has 0 spiro atoms. The van der Waals surface area contributed by atoms with E-state index < -0.39 is 17.6 Å². The van der Waals surface area contributed by atoms with Gasteiger partial charge in [-0.05, 0) is 30.3 Å². The number of imidazole rings is 1. The lowest BCUT2D eigenvalue weighted by molar-refractivity contribution is -0.137. The number of amides is 1. The average Bonchev–Trinajstić information content (AvgIpc) is 3.08. The van der Waals surface area contributed by atoms with Crippen molar-refractivity contribution in [3.63, 3.8) is 0 Å². The molecule has 3 rings (SSSR count). The SMILES string of the molecule is O=C(/C=C/c1cnc2sccn12)Nc1ccc(C(F)(F)F)cc1. The molecule has 1 N–H and O–H groups in total. The first-order chi connectivity index (χ1) is 10.9. The number of alkyl halides is 3. The third kappa shape index (κ3) is 3.42. The van der Waals surface area contributed by atoms with Crippen LogP contribution in [0.25, 0.3) is 11.0 Å². The van der Waals surface area contributed by atoms with Gasteiger partial charge in [-0.3, -0.25) is 9.20 Å². The Morgan fingerprint density at radius 1 is 1.26 bits per heavy atom. The summed E-state index contributed by atoms with van der Waals surface area (Å²) in [5, 5.41) is 4.38. The van der Waals surface area contributed by atoms with Crippen LogP contribution in [0.2, 0.25) is 0 Å². The molecule has 2 heterocycles. The molecule has 0 aliphatic heterocycles. The van der Waals surface area contributed by atoms with Gasteiger partial charge in [0, 0.05) is 23.3 Å². The number of hydrogen-bond donors (Lipinski definition) is 1. The molecule has 1 aromatic carbocycles. The summed E-state index contributed by atoms with van der Waals surface area (Å²) in [5.74, 6) is -0.435. The Morgan fingerprint density at radius 2 is 2.00 bits per heavy atom. The second-order valence-corrected chi connectivity index (χ2v) is 5.51. The van der Waals surface area contributed by atoms with Gasteiger partial charge in [-0.1, -0.05) is 0 Å². The van der Waals surface area contributed by atoms with E-state index in [1.807, 2.05) is 16.0 Å². The van der Waals surface area contributed by atoms with E-state index in [-0.39, 0.29) is 0 Å². The van der Waals surface area contributed by atoms with Crippen LogP contribution in [-0.2, 0) is 11.0 Å². The smallest absolute Gasteiger partial charge is 0.323 e. The average molecular weight is 337 g/mol. The summed E-state index contributed by atoms with van der Waals surface area (Å²) in [7, 11) is 0. The summed E-state index contributed by atoms with van der Waals surface area (Å²) in [6.45, 7) is 0. The number of nitrogens with zero attached hydrogens (tertiary/aromatic N) is 2. The molecular weight excluding hydrogens is 327 g/mol. The Labute approximate surface area is 132 Å². The van der Waals surface area contributed by atoms with Crippen LogP contribution < -0.4 is 5.32 Å². The first-order valence-corrected chi connectivity index (χ1v) is 7.38. The molecule has 3 aromatic rings. The zero-order chi connectivity index (χ0) is 16.4. The van der Waals surface area contributed by atoms with Crippen LogP contribution in [0, 0.1) is 0 Å². The van der Waals surface area contributed by atoms with Crippen LogP contribution >= 0.6 is 11.3 Å². The number of nitrogens with one attached hydrogen (secondary N) is 1. The first kappa shape index (κ1) is 15.3. The summed E-state index contributed by atoms with van der Waals surface area (Å²) in [6.07, 6.45) is 1.97. The second-order valence-electron chi connectivity index (χ2n) is 4.64. The summed E-state index contributed by atoms with van der Waals surface area (Å²) in [4.78, 5) is 16.8. The number of halogens is 3.